The molecular formula is C37H60ClNO7. The molecule has 0 aromatic rings. The van der Waals surface area contributed by atoms with Gasteiger partial charge in [0.2, 0.25) is 0 Å². The Labute approximate surface area is 281 Å². The van der Waals surface area contributed by atoms with E-state index < -0.39 is 23.3 Å². The Morgan fingerprint density at radius 2 is 1.63 bits per heavy atom. The van der Waals surface area contributed by atoms with Gasteiger partial charge in [0.15, 0.2) is 0 Å². The Kier molecular flexibility index (Phi) is 8.18. The number of aliphatic hydroxyl groups is 2. The Morgan fingerprint density at radius 3 is 2.20 bits per heavy atom. The van der Waals surface area contributed by atoms with Gasteiger partial charge in [-0.05, 0) is 124 Å². The third-order valence-electron chi connectivity index (χ3n) is 15.3. The van der Waals surface area contributed by atoms with Crippen molar-refractivity contribution in [2.24, 2.45) is 50.7 Å². The summed E-state index contributed by atoms with van der Waals surface area (Å²) >= 11 is 6.09. The third-order valence-corrected chi connectivity index (χ3v) is 15.6. The third kappa shape index (κ3) is 4.65. The molecule has 3 N–H and O–H groups in total. The van der Waals surface area contributed by atoms with Gasteiger partial charge in [0.05, 0.1) is 23.4 Å². The zero-order chi connectivity index (χ0) is 34.0. The molecule has 1 saturated heterocycles. The maximum atomic E-state index is 13.8. The van der Waals surface area contributed by atoms with Crippen LogP contribution in [0.4, 0.5) is 0 Å². The molecule has 0 aromatic carbocycles. The summed E-state index contributed by atoms with van der Waals surface area (Å²) in [5, 5.41) is 22.9. The van der Waals surface area contributed by atoms with Gasteiger partial charge in [-0.2, -0.15) is 0 Å². The molecule has 262 valence electrons. The molecule has 5 aliphatic carbocycles. The molecule has 0 aromatic heterocycles. The number of carbonyl (C=O) groups is 2. The maximum Gasteiger partial charge on any atom is 0.324 e. The van der Waals surface area contributed by atoms with Crippen LogP contribution in [0.25, 0.3) is 0 Å². The molecule has 6 aliphatic rings. The Morgan fingerprint density at radius 1 is 0.957 bits per heavy atom. The van der Waals surface area contributed by atoms with Crippen LogP contribution >= 0.6 is 11.8 Å². The highest BCUT2D eigenvalue weighted by Gasteiger charge is 2.85. The predicted molar refractivity (Wildman–Crippen MR) is 176 cm³/mol. The van der Waals surface area contributed by atoms with Crippen molar-refractivity contribution in [1.29, 1.82) is 0 Å². The molecule has 13 atom stereocenters. The van der Waals surface area contributed by atoms with Crippen molar-refractivity contribution in [2.75, 3.05) is 0 Å². The first-order chi connectivity index (χ1) is 21.1. The van der Waals surface area contributed by atoms with Gasteiger partial charge in [-0.15, -0.1) is 0 Å². The molecule has 0 bridgehead atoms. The van der Waals surface area contributed by atoms with Gasteiger partial charge in [0.25, 0.3) is 0 Å². The topological polar surface area (TPSA) is 114 Å². The van der Waals surface area contributed by atoms with Crippen molar-refractivity contribution >= 4 is 23.7 Å². The summed E-state index contributed by atoms with van der Waals surface area (Å²) in [5.41, 5.74) is -2.19. The zero-order valence-electron chi connectivity index (χ0n) is 29.9. The van der Waals surface area contributed by atoms with Gasteiger partial charge in [-0.3, -0.25) is 9.59 Å². The average Bonchev–Trinajstić information content (AvgIpc) is 3.28. The molecular weight excluding hydrogens is 606 g/mol. The van der Waals surface area contributed by atoms with Gasteiger partial charge in [0, 0.05) is 24.2 Å². The van der Waals surface area contributed by atoms with Crippen molar-refractivity contribution in [2.45, 2.75) is 169 Å². The van der Waals surface area contributed by atoms with E-state index in [9.17, 15) is 19.8 Å². The lowest BCUT2D eigenvalue weighted by molar-refractivity contribution is -0.225. The largest absolute Gasteiger partial charge is 0.462 e. The van der Waals surface area contributed by atoms with E-state index in [-0.39, 0.29) is 81.0 Å². The molecule has 9 heteroatoms. The quantitative estimate of drug-likeness (QED) is 0.214. The second-order valence-electron chi connectivity index (χ2n) is 18.7. The summed E-state index contributed by atoms with van der Waals surface area (Å²) in [4.78, 5) is 28.7. The number of hydrogen-bond acceptors (Lipinski definition) is 8. The molecule has 6 fully saturated rings. The summed E-state index contributed by atoms with van der Waals surface area (Å²) in [6.07, 6.45) is 6.51. The van der Waals surface area contributed by atoms with E-state index >= 15 is 0 Å². The monoisotopic (exact) mass is 665 g/mol. The van der Waals surface area contributed by atoms with E-state index in [2.05, 4.69) is 39.5 Å². The van der Waals surface area contributed by atoms with Crippen LogP contribution in [-0.4, -0.2) is 63.8 Å². The normalized spacial score (nSPS) is 49.7. The van der Waals surface area contributed by atoms with Crippen LogP contribution in [0.5, 0.6) is 0 Å². The van der Waals surface area contributed by atoms with E-state index in [4.69, 9.17) is 26.0 Å². The molecule has 5 saturated carbocycles. The van der Waals surface area contributed by atoms with E-state index in [0.29, 0.717) is 6.42 Å². The fraction of sp³-hybridized carbons (Fsp3) is 0.946. The minimum absolute atomic E-state index is 0.0180. The Hall–Kier alpha value is -0.930. The van der Waals surface area contributed by atoms with E-state index in [1.165, 1.54) is 6.92 Å². The first kappa shape index (κ1) is 34.9. The minimum Gasteiger partial charge on any atom is -0.462 e. The van der Waals surface area contributed by atoms with Gasteiger partial charge in [-0.1, -0.05) is 41.5 Å². The number of rotatable bonds is 7. The predicted octanol–water partition coefficient (Wildman–Crippen LogP) is 6.33. The van der Waals surface area contributed by atoms with Crippen LogP contribution < -0.4 is 4.84 Å². The molecule has 2 spiro atoms. The maximum absolute atomic E-state index is 13.8. The average molecular weight is 666 g/mol. The second-order valence-corrected chi connectivity index (χ2v) is 18.9. The second kappa shape index (κ2) is 10.8. The van der Waals surface area contributed by atoms with Crippen LogP contribution in [-0.2, 0) is 23.8 Å². The molecule has 3 unspecified atom stereocenters. The van der Waals surface area contributed by atoms with Crippen molar-refractivity contribution < 1.29 is 34.0 Å². The summed E-state index contributed by atoms with van der Waals surface area (Å²) in [5.74, 6) is -0.415. The van der Waals surface area contributed by atoms with Crippen LogP contribution in [0, 0.1) is 50.7 Å². The number of hydrogen-bond donors (Lipinski definition) is 3. The lowest BCUT2D eigenvalue weighted by Gasteiger charge is -2.64. The summed E-state index contributed by atoms with van der Waals surface area (Å²) in [6, 6.07) is -0.632. The minimum atomic E-state index is -0.943. The number of aliphatic hydroxyl groups excluding tert-OH is 1. The fourth-order valence-corrected chi connectivity index (χ4v) is 13.6. The van der Waals surface area contributed by atoms with Crippen LogP contribution in [0.1, 0.15) is 127 Å². The summed E-state index contributed by atoms with van der Waals surface area (Å²) < 4.78 is 19.3. The molecule has 46 heavy (non-hydrogen) atoms. The first-order valence-corrected chi connectivity index (χ1v) is 18.3. The molecule has 1 heterocycles. The van der Waals surface area contributed by atoms with E-state index in [1.54, 1.807) is 0 Å². The van der Waals surface area contributed by atoms with Gasteiger partial charge in [-0.25, -0.2) is 4.84 Å². The molecule has 6 rings (SSSR count). The smallest absolute Gasteiger partial charge is 0.324 e. The van der Waals surface area contributed by atoms with E-state index in [1.807, 2.05) is 27.7 Å². The zero-order valence-corrected chi connectivity index (χ0v) is 30.6. The number of ether oxygens (including phenoxy) is 3. The molecule has 1 aliphatic heterocycles. The fourth-order valence-electron chi connectivity index (χ4n) is 13.3. The van der Waals surface area contributed by atoms with Gasteiger partial charge in [0.1, 0.15) is 18.2 Å². The highest BCUT2D eigenvalue weighted by atomic mass is 35.5. The molecule has 0 radical (unpaired) electrons. The van der Waals surface area contributed by atoms with Crippen molar-refractivity contribution in [3.05, 3.63) is 0 Å². The first-order valence-electron chi connectivity index (χ1n) is 18.0. The number of carbonyl (C=O) groups excluding carboxylic acids is 2. The number of nitrogens with one attached hydrogen (secondary N) is 1. The summed E-state index contributed by atoms with van der Waals surface area (Å²) in [7, 11) is 0. The Balaban J connectivity index is 1.39. The van der Waals surface area contributed by atoms with Crippen LogP contribution in [0.2, 0.25) is 0 Å². The highest BCUT2D eigenvalue weighted by molar-refractivity contribution is 6.14. The van der Waals surface area contributed by atoms with Gasteiger partial charge < -0.3 is 24.4 Å². The van der Waals surface area contributed by atoms with E-state index in [0.717, 1.165) is 51.4 Å². The molecule has 8 nitrogen and oxygen atoms in total. The lowest BCUT2D eigenvalue weighted by Crippen LogP contribution is -2.63. The highest BCUT2D eigenvalue weighted by Crippen LogP contribution is 2.89. The van der Waals surface area contributed by atoms with Crippen molar-refractivity contribution in [3.8, 4) is 0 Å². The van der Waals surface area contributed by atoms with Crippen LogP contribution in [0.15, 0.2) is 0 Å². The SMILES string of the molecule is CC(=O)O[C@H]1CC[C@]23CC24CC[C@]2(C)[C@@H]([C@@]5(C)CC[C@@H](C(C)(C)O)O5)[C@@H](O)C[C@@]2(C)C4C[C@H](OC(=O)C(NCl)C(C)C)[C@H]3C1(C)C. The lowest BCUT2D eigenvalue weighted by atomic mass is 9.41. The number of halogens is 1. The molecule has 0 amide bonds. The standard InChI is InChI=1S/C37H60ClNO7/c1-20(2)27(39-38)30(42)45-23-17-24-34(9)18-22(41)28(35(10)13-11-26(46-35)32(6,7)43)33(34,8)15-16-36(24)19-37(36)14-12-25(44-21(3)40)31(4,5)29(23)37/h20,22-29,39,41,43H,11-19H2,1-10H3/t22-,23-,24?,25-,26-,27?,28-,29-,33+,34-,35+,36?,37+/m0/s1. The van der Waals surface area contributed by atoms with Crippen molar-refractivity contribution in [3.63, 3.8) is 0 Å². The Bertz CT molecular complexity index is 1250. The number of esters is 2. The summed E-state index contributed by atoms with van der Waals surface area (Å²) in [6.45, 7) is 20.4. The van der Waals surface area contributed by atoms with Crippen LogP contribution in [0.3, 0.4) is 0 Å². The number of fused-ring (bicyclic) bond motifs is 2. The van der Waals surface area contributed by atoms with Crippen molar-refractivity contribution in [1.82, 2.24) is 4.84 Å². The van der Waals surface area contributed by atoms with Gasteiger partial charge >= 0.3 is 11.9 Å².